The van der Waals surface area contributed by atoms with Crippen LogP contribution in [-0.4, -0.2) is 35.4 Å². The summed E-state index contributed by atoms with van der Waals surface area (Å²) in [5.74, 6) is 0.983. The number of carbonyl (C=O) groups is 1. The van der Waals surface area contributed by atoms with Gasteiger partial charge < -0.3 is 14.0 Å². The predicted molar refractivity (Wildman–Crippen MR) is 115 cm³/mol. The van der Waals surface area contributed by atoms with Gasteiger partial charge >= 0.3 is 0 Å². The lowest BCUT2D eigenvalue weighted by Crippen LogP contribution is -2.24. The van der Waals surface area contributed by atoms with Gasteiger partial charge in [0.25, 0.3) is 5.91 Å². The maximum atomic E-state index is 12.1. The molecule has 0 fully saturated rings. The third-order valence-corrected chi connectivity index (χ3v) is 4.47. The van der Waals surface area contributed by atoms with Crippen molar-refractivity contribution in [1.29, 1.82) is 0 Å². The fraction of sp³-hybridized carbons (Fsp3) is 0.0870. The van der Waals surface area contributed by atoms with E-state index in [1.807, 2.05) is 71.4 Å². The van der Waals surface area contributed by atoms with E-state index in [0.29, 0.717) is 11.3 Å². The third-order valence-electron chi connectivity index (χ3n) is 4.47. The molecule has 0 aliphatic rings. The summed E-state index contributed by atoms with van der Waals surface area (Å²) in [4.78, 5) is 16.4. The van der Waals surface area contributed by atoms with Crippen molar-refractivity contribution in [2.45, 2.75) is 0 Å². The SMILES string of the molecule is COc1ccc(-n2cccc2C=NNC(=O)COc2cccc3cccnc23)cc1. The minimum atomic E-state index is -0.360. The molecule has 0 saturated heterocycles. The van der Waals surface area contributed by atoms with E-state index < -0.39 is 0 Å². The highest BCUT2D eigenvalue weighted by molar-refractivity contribution is 5.85. The van der Waals surface area contributed by atoms with E-state index >= 15 is 0 Å². The summed E-state index contributed by atoms with van der Waals surface area (Å²) in [5, 5.41) is 4.99. The van der Waals surface area contributed by atoms with E-state index in [1.54, 1.807) is 25.6 Å². The van der Waals surface area contributed by atoms with Crippen molar-refractivity contribution < 1.29 is 14.3 Å². The number of pyridine rings is 1. The van der Waals surface area contributed by atoms with Crippen molar-refractivity contribution in [3.05, 3.63) is 84.8 Å². The van der Waals surface area contributed by atoms with Gasteiger partial charge in [-0.1, -0.05) is 18.2 Å². The fourth-order valence-electron chi connectivity index (χ4n) is 3.02. The van der Waals surface area contributed by atoms with E-state index in [1.165, 1.54) is 0 Å². The molecule has 0 saturated carbocycles. The van der Waals surface area contributed by atoms with E-state index in [9.17, 15) is 4.79 Å². The standard InChI is InChI=1S/C23H20N4O3/c1-29-20-11-9-18(10-12-20)27-14-4-7-19(27)15-25-26-22(28)16-30-21-8-2-5-17-6-3-13-24-23(17)21/h2-15H,16H2,1H3,(H,26,28). The second kappa shape index (κ2) is 8.91. The molecule has 7 heteroatoms. The van der Waals surface area contributed by atoms with Crippen LogP contribution in [0.2, 0.25) is 0 Å². The third kappa shape index (κ3) is 4.30. The molecule has 150 valence electrons. The van der Waals surface area contributed by atoms with Gasteiger partial charge in [-0.25, -0.2) is 5.43 Å². The lowest BCUT2D eigenvalue weighted by atomic mass is 10.2. The highest BCUT2D eigenvalue weighted by Crippen LogP contribution is 2.22. The Morgan fingerprint density at radius 1 is 1.10 bits per heavy atom. The van der Waals surface area contributed by atoms with Crippen LogP contribution in [0.1, 0.15) is 5.69 Å². The van der Waals surface area contributed by atoms with E-state index in [-0.39, 0.29) is 12.5 Å². The number of nitrogens with one attached hydrogen (secondary N) is 1. The number of fused-ring (bicyclic) bond motifs is 1. The summed E-state index contributed by atoms with van der Waals surface area (Å²) in [5.41, 5.74) is 4.98. The first-order chi connectivity index (χ1) is 14.7. The summed E-state index contributed by atoms with van der Waals surface area (Å²) in [6.07, 6.45) is 5.20. The Morgan fingerprint density at radius 2 is 1.93 bits per heavy atom. The van der Waals surface area contributed by atoms with Crippen LogP contribution < -0.4 is 14.9 Å². The van der Waals surface area contributed by atoms with Gasteiger partial charge in [-0.15, -0.1) is 0 Å². The number of methoxy groups -OCH3 is 1. The average Bonchev–Trinajstić information content (AvgIpc) is 3.26. The van der Waals surface area contributed by atoms with Crippen molar-refractivity contribution in [3.63, 3.8) is 0 Å². The van der Waals surface area contributed by atoms with Gasteiger partial charge in [0.05, 0.1) is 19.0 Å². The normalized spacial score (nSPS) is 11.0. The first-order valence-corrected chi connectivity index (χ1v) is 9.35. The Bertz CT molecular complexity index is 1180. The van der Waals surface area contributed by atoms with Gasteiger partial charge in [-0.3, -0.25) is 9.78 Å². The number of nitrogens with zero attached hydrogens (tertiary/aromatic N) is 3. The van der Waals surface area contributed by atoms with Gasteiger partial charge in [0, 0.05) is 23.5 Å². The molecule has 30 heavy (non-hydrogen) atoms. The van der Waals surface area contributed by atoms with Crippen LogP contribution in [-0.2, 0) is 4.79 Å². The summed E-state index contributed by atoms with van der Waals surface area (Å²) in [6, 6.07) is 20.9. The lowest BCUT2D eigenvalue weighted by Gasteiger charge is -2.08. The number of para-hydroxylation sites is 1. The van der Waals surface area contributed by atoms with Crippen LogP contribution in [0, 0.1) is 0 Å². The van der Waals surface area contributed by atoms with Crippen molar-refractivity contribution in [2.75, 3.05) is 13.7 Å². The number of hydrogen-bond donors (Lipinski definition) is 1. The Balaban J connectivity index is 1.37. The Labute approximate surface area is 173 Å². The Morgan fingerprint density at radius 3 is 2.77 bits per heavy atom. The van der Waals surface area contributed by atoms with Crippen LogP contribution in [0.4, 0.5) is 0 Å². The van der Waals surface area contributed by atoms with Gasteiger partial charge in [0.1, 0.15) is 17.0 Å². The molecule has 4 rings (SSSR count). The van der Waals surface area contributed by atoms with Crippen LogP contribution in [0.3, 0.4) is 0 Å². The summed E-state index contributed by atoms with van der Waals surface area (Å²) >= 11 is 0. The van der Waals surface area contributed by atoms with E-state index in [4.69, 9.17) is 9.47 Å². The number of ether oxygens (including phenoxy) is 2. The monoisotopic (exact) mass is 400 g/mol. The number of amides is 1. The summed E-state index contributed by atoms with van der Waals surface area (Å²) < 4.78 is 12.8. The van der Waals surface area contributed by atoms with Crippen LogP contribution in [0.15, 0.2) is 84.2 Å². The second-order valence-corrected chi connectivity index (χ2v) is 6.41. The zero-order valence-electron chi connectivity index (χ0n) is 16.4. The topological polar surface area (TPSA) is 77.7 Å². The van der Waals surface area contributed by atoms with Crippen molar-refractivity contribution in [1.82, 2.24) is 15.0 Å². The smallest absolute Gasteiger partial charge is 0.277 e. The van der Waals surface area contributed by atoms with Crippen molar-refractivity contribution in [3.8, 4) is 17.2 Å². The summed E-state index contributed by atoms with van der Waals surface area (Å²) in [7, 11) is 1.63. The molecule has 0 bridgehead atoms. The second-order valence-electron chi connectivity index (χ2n) is 6.41. The van der Waals surface area contributed by atoms with Gasteiger partial charge in [-0.05, 0) is 48.5 Å². The number of hydrazone groups is 1. The molecule has 2 aromatic carbocycles. The first kappa shape index (κ1) is 19.2. The maximum absolute atomic E-state index is 12.1. The number of hydrogen-bond acceptors (Lipinski definition) is 5. The van der Waals surface area contributed by atoms with Crippen molar-refractivity contribution >= 4 is 23.0 Å². The molecule has 0 aliphatic carbocycles. The minimum absolute atomic E-state index is 0.160. The zero-order chi connectivity index (χ0) is 20.8. The average molecular weight is 400 g/mol. The van der Waals surface area contributed by atoms with Crippen molar-refractivity contribution in [2.24, 2.45) is 5.10 Å². The number of rotatable bonds is 7. The fourth-order valence-corrected chi connectivity index (χ4v) is 3.02. The Hall–Kier alpha value is -4.13. The Kier molecular flexibility index (Phi) is 5.70. The molecule has 1 amide bonds. The van der Waals surface area contributed by atoms with E-state index in [2.05, 4.69) is 15.5 Å². The highest BCUT2D eigenvalue weighted by Gasteiger charge is 2.06. The number of carbonyl (C=O) groups excluding carboxylic acids is 1. The maximum Gasteiger partial charge on any atom is 0.277 e. The molecule has 0 radical (unpaired) electrons. The molecular formula is C23H20N4O3. The lowest BCUT2D eigenvalue weighted by molar-refractivity contribution is -0.123. The minimum Gasteiger partial charge on any atom is -0.497 e. The zero-order valence-corrected chi connectivity index (χ0v) is 16.4. The van der Waals surface area contributed by atoms with Crippen LogP contribution in [0.5, 0.6) is 11.5 Å². The molecule has 4 aromatic rings. The molecule has 0 spiro atoms. The van der Waals surface area contributed by atoms with Gasteiger partial charge in [-0.2, -0.15) is 5.10 Å². The molecule has 7 nitrogen and oxygen atoms in total. The molecule has 0 atom stereocenters. The predicted octanol–water partition coefficient (Wildman–Crippen LogP) is 3.56. The molecular weight excluding hydrogens is 380 g/mol. The molecule has 2 aromatic heterocycles. The van der Waals surface area contributed by atoms with Crippen LogP contribution in [0.25, 0.3) is 16.6 Å². The molecule has 0 aliphatic heterocycles. The number of aromatic nitrogens is 2. The highest BCUT2D eigenvalue weighted by atomic mass is 16.5. The quantitative estimate of drug-likeness (QED) is 0.380. The molecule has 0 unspecified atom stereocenters. The van der Waals surface area contributed by atoms with E-state index in [0.717, 1.165) is 22.5 Å². The molecule has 2 heterocycles. The first-order valence-electron chi connectivity index (χ1n) is 9.35. The summed E-state index contributed by atoms with van der Waals surface area (Å²) in [6.45, 7) is -0.160. The van der Waals surface area contributed by atoms with Gasteiger partial charge in [0.15, 0.2) is 6.61 Å². The molecule has 1 N–H and O–H groups in total. The van der Waals surface area contributed by atoms with Gasteiger partial charge in [0.2, 0.25) is 0 Å². The van der Waals surface area contributed by atoms with Crippen LogP contribution >= 0.6 is 0 Å². The largest absolute Gasteiger partial charge is 0.497 e. The number of benzene rings is 2.